The van der Waals surface area contributed by atoms with Gasteiger partial charge in [-0.25, -0.2) is 9.78 Å². The number of aromatic amines is 1. The molecule has 0 bridgehead atoms. The average molecular weight is 307 g/mol. The minimum atomic E-state index is -1.17. The van der Waals surface area contributed by atoms with Crippen LogP contribution in [0.3, 0.4) is 0 Å². The number of carboxylic acid groups (broad SMARTS) is 1. The maximum Gasteiger partial charge on any atom is 0.328 e. The van der Waals surface area contributed by atoms with E-state index in [9.17, 15) is 9.59 Å². The molecule has 0 atom stereocenters. The van der Waals surface area contributed by atoms with E-state index < -0.39 is 11.9 Å². The molecule has 3 N–H and O–H groups in total. The summed E-state index contributed by atoms with van der Waals surface area (Å²) in [5.74, 6) is -0.917. The van der Waals surface area contributed by atoms with Crippen LogP contribution in [0.15, 0.2) is 60.7 Å². The molecule has 0 aliphatic carbocycles. The summed E-state index contributed by atoms with van der Waals surface area (Å²) in [6.07, 6.45) is 1.76. The molecular weight excluding hydrogens is 294 g/mol. The highest BCUT2D eigenvalue weighted by molar-refractivity contribution is 6.02. The summed E-state index contributed by atoms with van der Waals surface area (Å²) in [6.45, 7) is 0. The first-order chi connectivity index (χ1) is 11.1. The number of aliphatic carboxylic acids is 1. The van der Waals surface area contributed by atoms with Gasteiger partial charge in [0.2, 0.25) is 5.91 Å². The van der Waals surface area contributed by atoms with Gasteiger partial charge in [0, 0.05) is 23.4 Å². The summed E-state index contributed by atoms with van der Waals surface area (Å²) in [6, 6.07) is 14.9. The molecule has 1 aromatic heterocycles. The standard InChI is InChI=1S/C17H13N3O3/c21-15(9-10-16(22)23)18-12-7-5-11(6-8-12)17-19-13-3-1-2-4-14(13)20-17/h1-10H,(H,18,21)(H,19,20)(H,22,23)/b10-9+. The van der Waals surface area contributed by atoms with Crippen LogP contribution in [0.25, 0.3) is 22.4 Å². The predicted octanol–water partition coefficient (Wildman–Crippen LogP) is 2.81. The first-order valence-corrected chi connectivity index (χ1v) is 6.89. The molecule has 23 heavy (non-hydrogen) atoms. The Morgan fingerprint density at radius 2 is 1.78 bits per heavy atom. The van der Waals surface area contributed by atoms with E-state index in [2.05, 4.69) is 15.3 Å². The Kier molecular flexibility index (Phi) is 3.88. The Bertz CT molecular complexity index is 862. The van der Waals surface area contributed by atoms with Crippen LogP contribution in [0.4, 0.5) is 5.69 Å². The number of anilines is 1. The first-order valence-electron chi connectivity index (χ1n) is 6.89. The molecular formula is C17H13N3O3. The second kappa shape index (κ2) is 6.15. The largest absolute Gasteiger partial charge is 0.478 e. The molecule has 1 amide bonds. The number of carboxylic acids is 1. The van der Waals surface area contributed by atoms with Gasteiger partial charge in [0.25, 0.3) is 0 Å². The van der Waals surface area contributed by atoms with Crippen molar-refractivity contribution in [3.63, 3.8) is 0 Å². The molecule has 114 valence electrons. The third kappa shape index (κ3) is 3.44. The van der Waals surface area contributed by atoms with E-state index >= 15 is 0 Å². The molecule has 0 aliphatic rings. The third-order valence-corrected chi connectivity index (χ3v) is 3.19. The zero-order valence-electron chi connectivity index (χ0n) is 12.0. The number of imidazole rings is 1. The number of nitrogens with zero attached hydrogens (tertiary/aromatic N) is 1. The molecule has 0 saturated carbocycles. The average Bonchev–Trinajstić information content (AvgIpc) is 2.97. The summed E-state index contributed by atoms with van der Waals surface area (Å²) in [4.78, 5) is 29.6. The number of rotatable bonds is 4. The molecule has 6 nitrogen and oxygen atoms in total. The van der Waals surface area contributed by atoms with Gasteiger partial charge in [-0.2, -0.15) is 0 Å². The van der Waals surface area contributed by atoms with Gasteiger partial charge in [-0.1, -0.05) is 12.1 Å². The molecule has 1 heterocycles. The van der Waals surface area contributed by atoms with E-state index in [4.69, 9.17) is 5.11 Å². The lowest BCUT2D eigenvalue weighted by molar-refractivity contribution is -0.131. The van der Waals surface area contributed by atoms with Gasteiger partial charge in [-0.15, -0.1) is 0 Å². The molecule has 3 aromatic rings. The van der Waals surface area contributed by atoms with E-state index in [1.165, 1.54) is 0 Å². The Hall–Kier alpha value is -3.41. The molecule has 0 spiro atoms. The molecule has 0 radical (unpaired) electrons. The fourth-order valence-electron chi connectivity index (χ4n) is 2.13. The van der Waals surface area contributed by atoms with Crippen molar-refractivity contribution in [3.8, 4) is 11.4 Å². The number of H-pyrrole nitrogens is 1. The second-order valence-corrected chi connectivity index (χ2v) is 4.84. The molecule has 2 aromatic carbocycles. The van der Waals surface area contributed by atoms with Gasteiger partial charge >= 0.3 is 5.97 Å². The number of hydrogen-bond donors (Lipinski definition) is 3. The van der Waals surface area contributed by atoms with Crippen molar-refractivity contribution >= 4 is 28.6 Å². The fraction of sp³-hybridized carbons (Fsp3) is 0. The van der Waals surface area contributed by atoms with Crippen LogP contribution in [-0.2, 0) is 9.59 Å². The third-order valence-electron chi connectivity index (χ3n) is 3.19. The Labute approximate surface area is 131 Å². The van der Waals surface area contributed by atoms with Crippen LogP contribution < -0.4 is 5.32 Å². The number of para-hydroxylation sites is 2. The van der Waals surface area contributed by atoms with Crippen molar-refractivity contribution in [2.24, 2.45) is 0 Å². The van der Waals surface area contributed by atoms with Gasteiger partial charge in [0.1, 0.15) is 5.82 Å². The number of carbonyl (C=O) groups excluding carboxylic acids is 1. The summed E-state index contributed by atoms with van der Waals surface area (Å²) in [5.41, 5.74) is 3.31. The van der Waals surface area contributed by atoms with Crippen molar-refractivity contribution in [1.29, 1.82) is 0 Å². The smallest absolute Gasteiger partial charge is 0.328 e. The molecule has 0 saturated heterocycles. The number of carbonyl (C=O) groups is 2. The SMILES string of the molecule is O=C(O)/C=C/C(=O)Nc1ccc(-c2nc3ccccc3[nH]2)cc1. The van der Waals surface area contributed by atoms with Crippen LogP contribution >= 0.6 is 0 Å². The normalized spacial score (nSPS) is 11.0. The maximum atomic E-state index is 11.5. The fourth-order valence-corrected chi connectivity index (χ4v) is 2.13. The Balaban J connectivity index is 1.76. The van der Waals surface area contributed by atoms with E-state index in [1.807, 2.05) is 36.4 Å². The summed E-state index contributed by atoms with van der Waals surface area (Å²) < 4.78 is 0. The second-order valence-electron chi connectivity index (χ2n) is 4.84. The zero-order chi connectivity index (χ0) is 16.2. The summed E-state index contributed by atoms with van der Waals surface area (Å²) >= 11 is 0. The summed E-state index contributed by atoms with van der Waals surface area (Å²) in [7, 11) is 0. The summed E-state index contributed by atoms with van der Waals surface area (Å²) in [5, 5.41) is 11.1. The minimum Gasteiger partial charge on any atom is -0.478 e. The number of benzene rings is 2. The highest BCUT2D eigenvalue weighted by Crippen LogP contribution is 2.21. The maximum absolute atomic E-state index is 11.5. The zero-order valence-corrected chi connectivity index (χ0v) is 12.0. The number of amides is 1. The molecule has 0 aliphatic heterocycles. The highest BCUT2D eigenvalue weighted by Gasteiger charge is 2.05. The highest BCUT2D eigenvalue weighted by atomic mass is 16.4. The van der Waals surface area contributed by atoms with Gasteiger partial charge in [0.05, 0.1) is 11.0 Å². The van der Waals surface area contributed by atoms with Gasteiger partial charge in [-0.3, -0.25) is 4.79 Å². The quantitative estimate of drug-likeness (QED) is 0.646. The van der Waals surface area contributed by atoms with Crippen LogP contribution in [-0.4, -0.2) is 27.0 Å². The van der Waals surface area contributed by atoms with Crippen molar-refractivity contribution in [1.82, 2.24) is 9.97 Å². The van der Waals surface area contributed by atoms with E-state index in [-0.39, 0.29) is 0 Å². The lowest BCUT2D eigenvalue weighted by atomic mass is 10.2. The first kappa shape index (κ1) is 14.5. The van der Waals surface area contributed by atoms with Gasteiger partial charge < -0.3 is 15.4 Å². The van der Waals surface area contributed by atoms with Crippen molar-refractivity contribution in [2.75, 3.05) is 5.32 Å². The molecule has 0 unspecified atom stereocenters. The van der Waals surface area contributed by atoms with Gasteiger partial charge in [-0.05, 0) is 36.4 Å². The monoisotopic (exact) mass is 307 g/mol. The Morgan fingerprint density at radius 3 is 2.48 bits per heavy atom. The lowest BCUT2D eigenvalue weighted by Crippen LogP contribution is -2.08. The predicted molar refractivity (Wildman–Crippen MR) is 86.9 cm³/mol. The number of fused-ring (bicyclic) bond motifs is 1. The van der Waals surface area contributed by atoms with Crippen molar-refractivity contribution in [2.45, 2.75) is 0 Å². The van der Waals surface area contributed by atoms with Crippen molar-refractivity contribution in [3.05, 3.63) is 60.7 Å². The molecule has 0 fully saturated rings. The number of nitrogens with one attached hydrogen (secondary N) is 2. The topological polar surface area (TPSA) is 95.1 Å². The molecule has 6 heteroatoms. The van der Waals surface area contributed by atoms with E-state index in [0.29, 0.717) is 5.69 Å². The van der Waals surface area contributed by atoms with Gasteiger partial charge in [0.15, 0.2) is 0 Å². The van der Waals surface area contributed by atoms with Crippen LogP contribution in [0.2, 0.25) is 0 Å². The number of hydrogen-bond acceptors (Lipinski definition) is 3. The lowest BCUT2D eigenvalue weighted by Gasteiger charge is -2.03. The van der Waals surface area contributed by atoms with Crippen LogP contribution in [0, 0.1) is 0 Å². The van der Waals surface area contributed by atoms with Crippen molar-refractivity contribution < 1.29 is 14.7 Å². The number of aromatic nitrogens is 2. The minimum absolute atomic E-state index is 0.496. The van der Waals surface area contributed by atoms with Crippen LogP contribution in [0.1, 0.15) is 0 Å². The van der Waals surface area contributed by atoms with Crippen LogP contribution in [0.5, 0.6) is 0 Å². The van der Waals surface area contributed by atoms with E-state index in [1.54, 1.807) is 12.1 Å². The molecule has 3 rings (SSSR count). The Morgan fingerprint density at radius 1 is 1.04 bits per heavy atom. The van der Waals surface area contributed by atoms with E-state index in [0.717, 1.165) is 34.6 Å².